The summed E-state index contributed by atoms with van der Waals surface area (Å²) in [5.74, 6) is 1.15. The lowest BCUT2D eigenvalue weighted by Crippen LogP contribution is -2.29. The number of carbonyl (C=O) groups excluding carboxylic acids is 1. The topological polar surface area (TPSA) is 82.2 Å². The third-order valence-corrected chi connectivity index (χ3v) is 2.88. The van der Waals surface area contributed by atoms with Crippen molar-refractivity contribution in [2.45, 2.75) is 13.0 Å². The van der Waals surface area contributed by atoms with Gasteiger partial charge in [0.15, 0.2) is 0 Å². The number of hydrogen-bond donors (Lipinski definition) is 2. The second-order valence-electron chi connectivity index (χ2n) is 4.35. The number of ether oxygens (including phenoxy) is 1. The Hall–Kier alpha value is -2.50. The van der Waals surface area contributed by atoms with Gasteiger partial charge in [0.05, 0.1) is 7.11 Å². The fraction of sp³-hybridized carbons (Fsp3) is 0.286. The van der Waals surface area contributed by atoms with Gasteiger partial charge in [0.1, 0.15) is 18.1 Å². The molecule has 0 saturated heterocycles. The van der Waals surface area contributed by atoms with Gasteiger partial charge in [0, 0.05) is 12.7 Å². The lowest BCUT2D eigenvalue weighted by atomic mass is 10.1. The van der Waals surface area contributed by atoms with Crippen molar-refractivity contribution in [1.29, 1.82) is 0 Å². The lowest BCUT2D eigenvalue weighted by molar-refractivity contribution is -0.121. The molecule has 1 amide bonds. The van der Waals surface area contributed by atoms with E-state index in [1.54, 1.807) is 19.4 Å². The minimum Gasteiger partial charge on any atom is -0.496 e. The van der Waals surface area contributed by atoms with Gasteiger partial charge in [-0.2, -0.15) is 5.10 Å². The lowest BCUT2D eigenvalue weighted by Gasteiger charge is -2.09. The Kier molecular flexibility index (Phi) is 4.60. The van der Waals surface area contributed by atoms with E-state index in [0.717, 1.165) is 17.7 Å². The summed E-state index contributed by atoms with van der Waals surface area (Å²) in [6, 6.07) is 9.42. The van der Waals surface area contributed by atoms with E-state index in [-0.39, 0.29) is 12.5 Å². The number of nitrogens with two attached hydrogens (primary N) is 1. The Morgan fingerprint density at radius 1 is 1.40 bits per heavy atom. The van der Waals surface area contributed by atoms with Gasteiger partial charge >= 0.3 is 0 Å². The van der Waals surface area contributed by atoms with E-state index in [9.17, 15) is 4.79 Å². The quantitative estimate of drug-likeness (QED) is 0.817. The Balaban J connectivity index is 1.79. The van der Waals surface area contributed by atoms with E-state index in [1.807, 2.05) is 24.3 Å². The van der Waals surface area contributed by atoms with Crippen LogP contribution < -0.4 is 15.8 Å². The molecule has 0 aliphatic rings. The van der Waals surface area contributed by atoms with Crippen molar-refractivity contribution in [1.82, 2.24) is 15.1 Å². The summed E-state index contributed by atoms with van der Waals surface area (Å²) in [4.78, 5) is 11.7. The number of aromatic nitrogens is 2. The number of rotatable bonds is 6. The molecule has 2 rings (SSSR count). The van der Waals surface area contributed by atoms with E-state index in [2.05, 4.69) is 10.4 Å². The SMILES string of the molecule is COc1ccccc1CCNC(=O)Cn1ccc(N)n1. The molecule has 6 nitrogen and oxygen atoms in total. The molecule has 106 valence electrons. The molecule has 6 heteroatoms. The average Bonchev–Trinajstić information content (AvgIpc) is 2.84. The van der Waals surface area contributed by atoms with Crippen LogP contribution >= 0.6 is 0 Å². The van der Waals surface area contributed by atoms with Gasteiger partial charge in [-0.3, -0.25) is 9.48 Å². The molecule has 0 aliphatic heterocycles. The first-order valence-electron chi connectivity index (χ1n) is 6.36. The zero-order valence-corrected chi connectivity index (χ0v) is 11.4. The highest BCUT2D eigenvalue weighted by atomic mass is 16.5. The van der Waals surface area contributed by atoms with Crippen LogP contribution in [0, 0.1) is 0 Å². The summed E-state index contributed by atoms with van der Waals surface area (Å²) in [5, 5.41) is 6.80. The molecule has 0 bridgehead atoms. The monoisotopic (exact) mass is 274 g/mol. The summed E-state index contributed by atoms with van der Waals surface area (Å²) in [7, 11) is 1.64. The average molecular weight is 274 g/mol. The van der Waals surface area contributed by atoms with E-state index in [4.69, 9.17) is 10.5 Å². The number of hydrogen-bond acceptors (Lipinski definition) is 4. The van der Waals surface area contributed by atoms with Gasteiger partial charge in [0.25, 0.3) is 0 Å². The molecule has 20 heavy (non-hydrogen) atoms. The molecule has 1 aromatic heterocycles. The van der Waals surface area contributed by atoms with Crippen LogP contribution in [0.25, 0.3) is 0 Å². The number of nitrogens with zero attached hydrogens (tertiary/aromatic N) is 2. The first-order valence-corrected chi connectivity index (χ1v) is 6.36. The summed E-state index contributed by atoms with van der Waals surface area (Å²) in [6.45, 7) is 0.721. The number of amides is 1. The first kappa shape index (κ1) is 13.9. The first-order chi connectivity index (χ1) is 9.69. The summed E-state index contributed by atoms with van der Waals surface area (Å²) < 4.78 is 6.77. The van der Waals surface area contributed by atoms with Gasteiger partial charge in [-0.15, -0.1) is 0 Å². The van der Waals surface area contributed by atoms with Crippen molar-refractivity contribution in [3.8, 4) is 5.75 Å². The molecular formula is C14H18N4O2. The normalized spacial score (nSPS) is 10.2. The van der Waals surface area contributed by atoms with Gasteiger partial charge in [-0.25, -0.2) is 0 Å². The van der Waals surface area contributed by atoms with Crippen LogP contribution in [0.1, 0.15) is 5.56 Å². The third-order valence-electron chi connectivity index (χ3n) is 2.88. The second kappa shape index (κ2) is 6.60. The molecular weight excluding hydrogens is 256 g/mol. The molecule has 1 heterocycles. The summed E-state index contributed by atoms with van der Waals surface area (Å²) in [6.07, 6.45) is 2.39. The Labute approximate surface area is 117 Å². The maximum Gasteiger partial charge on any atom is 0.241 e. The molecule has 0 saturated carbocycles. The Bertz CT molecular complexity index is 580. The maximum atomic E-state index is 11.7. The predicted molar refractivity (Wildman–Crippen MR) is 76.3 cm³/mol. The predicted octanol–water partition coefficient (Wildman–Crippen LogP) is 0.833. The van der Waals surface area contributed by atoms with Crippen molar-refractivity contribution in [2.75, 3.05) is 19.4 Å². The molecule has 0 unspecified atom stereocenters. The fourth-order valence-corrected chi connectivity index (χ4v) is 1.91. The Morgan fingerprint density at radius 2 is 2.20 bits per heavy atom. The van der Waals surface area contributed by atoms with E-state index in [0.29, 0.717) is 12.4 Å². The number of methoxy groups -OCH3 is 1. The molecule has 3 N–H and O–H groups in total. The minimum atomic E-state index is -0.0944. The van der Waals surface area contributed by atoms with Gasteiger partial charge in [-0.1, -0.05) is 18.2 Å². The van der Waals surface area contributed by atoms with Gasteiger partial charge < -0.3 is 15.8 Å². The number of para-hydroxylation sites is 1. The largest absolute Gasteiger partial charge is 0.496 e. The number of benzene rings is 1. The smallest absolute Gasteiger partial charge is 0.241 e. The molecule has 2 aromatic rings. The molecule has 0 radical (unpaired) electrons. The van der Waals surface area contributed by atoms with E-state index >= 15 is 0 Å². The second-order valence-corrected chi connectivity index (χ2v) is 4.35. The van der Waals surface area contributed by atoms with Crippen LogP contribution in [-0.2, 0) is 17.8 Å². The highest BCUT2D eigenvalue weighted by molar-refractivity contribution is 5.75. The summed E-state index contributed by atoms with van der Waals surface area (Å²) >= 11 is 0. The zero-order valence-electron chi connectivity index (χ0n) is 11.4. The van der Waals surface area contributed by atoms with Crippen LogP contribution in [0.5, 0.6) is 5.75 Å². The van der Waals surface area contributed by atoms with Crippen molar-refractivity contribution in [3.63, 3.8) is 0 Å². The zero-order chi connectivity index (χ0) is 14.4. The van der Waals surface area contributed by atoms with Crippen LogP contribution in [0.3, 0.4) is 0 Å². The van der Waals surface area contributed by atoms with Crippen molar-refractivity contribution >= 4 is 11.7 Å². The summed E-state index contributed by atoms with van der Waals surface area (Å²) in [5.41, 5.74) is 6.55. The van der Waals surface area contributed by atoms with Crippen LogP contribution in [0.4, 0.5) is 5.82 Å². The number of nitrogens with one attached hydrogen (secondary N) is 1. The molecule has 0 atom stereocenters. The van der Waals surface area contributed by atoms with Crippen molar-refractivity contribution in [3.05, 3.63) is 42.1 Å². The highest BCUT2D eigenvalue weighted by Gasteiger charge is 2.05. The van der Waals surface area contributed by atoms with E-state index in [1.165, 1.54) is 4.68 Å². The van der Waals surface area contributed by atoms with Gasteiger partial charge in [-0.05, 0) is 24.1 Å². The van der Waals surface area contributed by atoms with E-state index < -0.39 is 0 Å². The molecule has 1 aromatic carbocycles. The fourth-order valence-electron chi connectivity index (χ4n) is 1.91. The number of nitrogen functional groups attached to an aromatic ring is 1. The highest BCUT2D eigenvalue weighted by Crippen LogP contribution is 2.17. The Morgan fingerprint density at radius 3 is 2.90 bits per heavy atom. The van der Waals surface area contributed by atoms with Gasteiger partial charge in [0.2, 0.25) is 5.91 Å². The third kappa shape index (κ3) is 3.74. The van der Waals surface area contributed by atoms with Crippen LogP contribution in [-0.4, -0.2) is 29.3 Å². The minimum absolute atomic E-state index is 0.0944. The van der Waals surface area contributed by atoms with Crippen LogP contribution in [0.15, 0.2) is 36.5 Å². The maximum absolute atomic E-state index is 11.7. The standard InChI is InChI=1S/C14H18N4O2/c1-20-12-5-3-2-4-11(12)6-8-16-14(19)10-18-9-7-13(15)17-18/h2-5,7,9H,6,8,10H2,1H3,(H2,15,17)(H,16,19). The number of anilines is 1. The van der Waals surface area contributed by atoms with Crippen LogP contribution in [0.2, 0.25) is 0 Å². The van der Waals surface area contributed by atoms with Crippen molar-refractivity contribution in [2.24, 2.45) is 0 Å². The van der Waals surface area contributed by atoms with Crippen molar-refractivity contribution < 1.29 is 9.53 Å². The molecule has 0 spiro atoms. The number of carbonyl (C=O) groups is 1. The molecule has 0 fully saturated rings. The molecule has 0 aliphatic carbocycles.